The topological polar surface area (TPSA) is 212 Å². The summed E-state index contributed by atoms with van der Waals surface area (Å²) in [4.78, 5) is 32.2. The highest BCUT2D eigenvalue weighted by Crippen LogP contribution is 2.29. The molecule has 0 heterocycles. The molecule has 73 heavy (non-hydrogen) atoms. The SMILES string of the molecule is CCC(COCCOF)(COCCOF)COCC(COCCOCCOCC(COCC(CC)(COOF)COOF)OCC(CC)(COOF)COOF)OCC(CC)(COCCOF)COCCOF. The number of hydrogen-bond donors (Lipinski definition) is 0. The molecule has 0 fully saturated rings. The van der Waals surface area contributed by atoms with Crippen molar-refractivity contribution in [2.45, 2.75) is 65.6 Å². The minimum atomic E-state index is -1.19. The molecule has 440 valence electrons. The van der Waals surface area contributed by atoms with Crippen LogP contribution in [0, 0.1) is 21.7 Å². The van der Waals surface area contributed by atoms with Gasteiger partial charge in [0.1, 0.15) is 38.6 Å². The predicted molar refractivity (Wildman–Crippen MR) is 229 cm³/mol. The lowest BCUT2D eigenvalue weighted by atomic mass is 9.87. The summed E-state index contributed by atoms with van der Waals surface area (Å²) in [5, 5.41) is 12.9. The van der Waals surface area contributed by atoms with Crippen LogP contribution in [-0.4, -0.2) is 197 Å². The zero-order valence-electron chi connectivity index (χ0n) is 42.2. The maximum atomic E-state index is 12.5. The first kappa shape index (κ1) is 71.5. The summed E-state index contributed by atoms with van der Waals surface area (Å²) < 4.78 is 163. The van der Waals surface area contributed by atoms with Crippen LogP contribution in [0.25, 0.3) is 0 Å². The van der Waals surface area contributed by atoms with E-state index in [4.69, 9.17) is 52.1 Å². The first-order valence-corrected chi connectivity index (χ1v) is 23.6. The number of hydrogen-bond acceptors (Lipinski definition) is 23. The van der Waals surface area contributed by atoms with Crippen molar-refractivity contribution in [3.63, 3.8) is 0 Å². The van der Waals surface area contributed by atoms with Gasteiger partial charge < -0.3 is 52.1 Å². The zero-order valence-corrected chi connectivity index (χ0v) is 42.2. The summed E-state index contributed by atoms with van der Waals surface area (Å²) in [6.45, 7) is 3.72. The Morgan fingerprint density at radius 1 is 0.260 bits per heavy atom. The molecule has 0 aromatic heterocycles. The summed E-state index contributed by atoms with van der Waals surface area (Å²) in [5.41, 5.74) is -3.89. The van der Waals surface area contributed by atoms with Gasteiger partial charge >= 0.3 is 0 Å². The van der Waals surface area contributed by atoms with Crippen LogP contribution in [0.1, 0.15) is 53.4 Å². The second-order valence-corrected chi connectivity index (χ2v) is 16.8. The van der Waals surface area contributed by atoms with Gasteiger partial charge in [0.2, 0.25) is 0 Å². The minimum Gasteiger partial charge on any atom is -0.378 e. The fourth-order valence-electron chi connectivity index (χ4n) is 6.29. The molecule has 0 saturated heterocycles. The van der Waals surface area contributed by atoms with Gasteiger partial charge in [-0.15, -0.1) is 0 Å². The molecule has 0 saturated carbocycles. The Balaban J connectivity index is 5.86. The molecule has 0 aromatic rings. The highest BCUT2D eigenvalue weighted by molar-refractivity contribution is 4.81. The van der Waals surface area contributed by atoms with Crippen molar-refractivity contribution < 1.29 is 148 Å². The van der Waals surface area contributed by atoms with Crippen LogP contribution >= 0.6 is 0 Å². The smallest absolute Gasteiger partial charge is 0.111 e. The van der Waals surface area contributed by atoms with Crippen LogP contribution in [0.4, 0.5) is 36.2 Å². The van der Waals surface area contributed by atoms with Gasteiger partial charge in [-0.05, 0) is 82.3 Å². The summed E-state index contributed by atoms with van der Waals surface area (Å²) in [6.07, 6.45) is -0.228. The number of ether oxygens (including phenoxy) is 11. The monoisotopic (exact) mass is 1100 g/mol. The molecule has 0 rings (SSSR count). The molecule has 0 spiro atoms. The highest BCUT2D eigenvalue weighted by atomic mass is 19.3. The van der Waals surface area contributed by atoms with E-state index in [0.717, 1.165) is 0 Å². The maximum Gasteiger partial charge on any atom is 0.111 e. The Morgan fingerprint density at radius 2 is 0.493 bits per heavy atom. The van der Waals surface area contributed by atoms with E-state index in [-0.39, 0.29) is 171 Å². The lowest BCUT2D eigenvalue weighted by Crippen LogP contribution is -2.41. The molecule has 2 unspecified atom stereocenters. The Kier molecular flexibility index (Phi) is 47.9. The Labute approximate surface area is 420 Å². The summed E-state index contributed by atoms with van der Waals surface area (Å²) in [6, 6.07) is 0. The van der Waals surface area contributed by atoms with E-state index in [2.05, 4.69) is 59.7 Å². The molecule has 31 heteroatoms. The first-order valence-electron chi connectivity index (χ1n) is 23.6. The summed E-state index contributed by atoms with van der Waals surface area (Å²) in [5.74, 6) is 0. The van der Waals surface area contributed by atoms with Crippen LogP contribution in [0.5, 0.6) is 0 Å². The van der Waals surface area contributed by atoms with Gasteiger partial charge in [0.25, 0.3) is 0 Å². The average molecular weight is 1100 g/mol. The molecular formula is C42H78F8O23. The largest absolute Gasteiger partial charge is 0.378 e. The van der Waals surface area contributed by atoms with E-state index in [1.165, 1.54) is 0 Å². The summed E-state index contributed by atoms with van der Waals surface area (Å²) in [7, 11) is 0. The lowest BCUT2D eigenvalue weighted by molar-refractivity contribution is -0.460. The Hall–Kier alpha value is -1.48. The molecule has 0 amide bonds. The van der Waals surface area contributed by atoms with E-state index in [1.54, 1.807) is 13.8 Å². The van der Waals surface area contributed by atoms with Crippen LogP contribution in [0.3, 0.4) is 0 Å². The molecule has 2 atom stereocenters. The zero-order chi connectivity index (χ0) is 54.0. The third-order valence-electron chi connectivity index (χ3n) is 11.5. The molecule has 0 aromatic carbocycles. The van der Waals surface area contributed by atoms with Crippen molar-refractivity contribution in [2.75, 3.05) is 185 Å². The number of rotatable bonds is 60. The molecule has 0 bridgehead atoms. The van der Waals surface area contributed by atoms with E-state index in [1.807, 2.05) is 13.8 Å². The van der Waals surface area contributed by atoms with Gasteiger partial charge in [-0.2, -0.15) is 19.8 Å². The molecule has 0 aliphatic rings. The van der Waals surface area contributed by atoms with Gasteiger partial charge in [0.15, 0.2) is 0 Å². The fourth-order valence-corrected chi connectivity index (χ4v) is 6.29. The Morgan fingerprint density at radius 3 is 0.781 bits per heavy atom. The number of halogens is 8. The van der Waals surface area contributed by atoms with Crippen LogP contribution in [0.2, 0.25) is 0 Å². The van der Waals surface area contributed by atoms with Gasteiger partial charge in [-0.1, -0.05) is 27.7 Å². The van der Waals surface area contributed by atoms with E-state index >= 15 is 0 Å². The molecule has 0 aliphatic carbocycles. The van der Waals surface area contributed by atoms with Crippen molar-refractivity contribution in [3.05, 3.63) is 0 Å². The second-order valence-electron chi connectivity index (χ2n) is 16.8. The van der Waals surface area contributed by atoms with Gasteiger partial charge in [0.05, 0.1) is 159 Å². The van der Waals surface area contributed by atoms with Crippen LogP contribution in [0.15, 0.2) is 0 Å². The fraction of sp³-hybridized carbons (Fsp3) is 1.00. The second kappa shape index (κ2) is 48.9. The molecular weight excluding hydrogens is 1020 g/mol. The quantitative estimate of drug-likeness (QED) is 0.0278. The first-order chi connectivity index (χ1) is 35.6. The third kappa shape index (κ3) is 35.5. The van der Waals surface area contributed by atoms with Gasteiger partial charge in [0, 0.05) is 21.7 Å². The van der Waals surface area contributed by atoms with Crippen molar-refractivity contribution in [3.8, 4) is 0 Å². The predicted octanol–water partition coefficient (Wildman–Crippen LogP) is 6.43. The molecule has 0 N–H and O–H groups in total. The standard InChI is InChI=1S/C42H78F8O23/c1-5-39(25-54-13-17-62-43,26-55-14-18-63-44)29-58-23-37(60-31-40(6-2,27-56-15-19-64-45)28-57-16-20-65-46)21-52-11-9-51-10-12-53-22-38(61-32-42(8-4,35-68-72-49)36-69-73-50)24-59-30-41(7-3,33-66-70-47)34-67-71-48/h37-38H,5-36H2,1-4H3. The van der Waals surface area contributed by atoms with E-state index in [0.29, 0.717) is 12.8 Å². The molecule has 0 radical (unpaired) electrons. The van der Waals surface area contributed by atoms with Crippen molar-refractivity contribution >= 4 is 0 Å². The Bertz CT molecular complexity index is 1140. The molecule has 23 nitrogen and oxygen atoms in total. The average Bonchev–Trinajstić information content (AvgIpc) is 3.41. The minimum absolute atomic E-state index is 0.0109. The van der Waals surface area contributed by atoms with Crippen molar-refractivity contribution in [1.29, 1.82) is 0 Å². The van der Waals surface area contributed by atoms with Crippen molar-refractivity contribution in [2.24, 2.45) is 21.7 Å². The van der Waals surface area contributed by atoms with Gasteiger partial charge in [-0.25, -0.2) is 19.6 Å². The third-order valence-corrected chi connectivity index (χ3v) is 11.5. The summed E-state index contributed by atoms with van der Waals surface area (Å²) >= 11 is 0. The van der Waals surface area contributed by atoms with Crippen molar-refractivity contribution in [1.82, 2.24) is 0 Å². The molecule has 0 aliphatic heterocycles. The van der Waals surface area contributed by atoms with Gasteiger partial charge in [-0.3, -0.25) is 0 Å². The highest BCUT2D eigenvalue weighted by Gasteiger charge is 2.36. The van der Waals surface area contributed by atoms with E-state index in [9.17, 15) is 36.2 Å². The maximum absolute atomic E-state index is 12.5. The van der Waals surface area contributed by atoms with E-state index < -0.39 is 60.3 Å². The normalized spacial score (nSPS) is 13.6. The van der Waals surface area contributed by atoms with Crippen LogP contribution in [-0.2, 0) is 112 Å². The lowest BCUT2D eigenvalue weighted by Gasteiger charge is -2.35. The van der Waals surface area contributed by atoms with Crippen LogP contribution < -0.4 is 0 Å².